The molecule has 0 fully saturated rings. The molecule has 2 N–H and O–H groups in total. The Balaban J connectivity index is 1.98. The van der Waals surface area contributed by atoms with Crippen LogP contribution >= 0.6 is 11.6 Å². The number of allylic oxidation sites excluding steroid dienone is 5. The zero-order valence-corrected chi connectivity index (χ0v) is 27.5. The molecule has 0 bridgehead atoms. The van der Waals surface area contributed by atoms with Crippen LogP contribution in [0.15, 0.2) is 101 Å². The van der Waals surface area contributed by atoms with Crippen molar-refractivity contribution in [1.29, 1.82) is 0 Å². The second-order valence-corrected chi connectivity index (χ2v) is 11.9. The fourth-order valence-corrected chi connectivity index (χ4v) is 4.62. The molecule has 0 saturated carbocycles. The minimum absolute atomic E-state index is 0.0480. The molecular weight excluding hydrogens is 576 g/mol. The van der Waals surface area contributed by atoms with Crippen molar-refractivity contribution in [3.63, 3.8) is 0 Å². The van der Waals surface area contributed by atoms with Crippen LogP contribution in [0.5, 0.6) is 0 Å². The lowest BCUT2D eigenvalue weighted by molar-refractivity contribution is -0.147. The Morgan fingerprint density at radius 3 is 2.45 bits per heavy atom. The highest BCUT2D eigenvalue weighted by atomic mass is 35.5. The number of ether oxygens (including phenoxy) is 2. The van der Waals surface area contributed by atoms with E-state index in [-0.39, 0.29) is 42.0 Å². The van der Waals surface area contributed by atoms with E-state index in [1.165, 1.54) is 6.08 Å². The lowest BCUT2D eigenvalue weighted by Crippen LogP contribution is -2.46. The summed E-state index contributed by atoms with van der Waals surface area (Å²) in [6, 6.07) is 8.77. The van der Waals surface area contributed by atoms with Crippen LogP contribution in [0.3, 0.4) is 0 Å². The zero-order chi connectivity index (χ0) is 32.5. The summed E-state index contributed by atoms with van der Waals surface area (Å²) in [5.74, 6) is -0.919. The molecule has 8 heteroatoms. The molecule has 1 aliphatic heterocycles. The van der Waals surface area contributed by atoms with E-state index in [4.69, 9.17) is 21.1 Å². The molecular formula is C36H47ClN2O5. The first-order valence-corrected chi connectivity index (χ1v) is 15.5. The van der Waals surface area contributed by atoms with Crippen molar-refractivity contribution in [1.82, 2.24) is 10.6 Å². The number of hydrogen-bond donors (Lipinski definition) is 2. The third kappa shape index (κ3) is 14.7. The molecule has 0 aliphatic carbocycles. The molecule has 0 unspecified atom stereocenters. The Hall–Kier alpha value is -3.68. The number of esters is 1. The van der Waals surface area contributed by atoms with Crippen LogP contribution in [0.4, 0.5) is 0 Å². The Bertz CT molecular complexity index is 1270. The Morgan fingerprint density at radius 1 is 1.09 bits per heavy atom. The fourth-order valence-electron chi connectivity index (χ4n) is 4.53. The van der Waals surface area contributed by atoms with Gasteiger partial charge in [0.1, 0.15) is 12.1 Å². The highest BCUT2D eigenvalue weighted by Crippen LogP contribution is 2.22. The monoisotopic (exact) mass is 622 g/mol. The van der Waals surface area contributed by atoms with Crippen LogP contribution in [0, 0.1) is 5.92 Å². The molecule has 1 heterocycles. The number of rotatable bonds is 16. The van der Waals surface area contributed by atoms with Crippen LogP contribution < -0.4 is 10.6 Å². The smallest absolute Gasteiger partial charge is 0.333 e. The molecule has 7 nitrogen and oxygen atoms in total. The Kier molecular flexibility index (Phi) is 16.2. The molecule has 0 spiro atoms. The van der Waals surface area contributed by atoms with Crippen LogP contribution in [0.25, 0.3) is 0 Å². The van der Waals surface area contributed by atoms with Gasteiger partial charge in [-0.15, -0.1) is 0 Å². The number of halogens is 1. The summed E-state index contributed by atoms with van der Waals surface area (Å²) >= 11 is 5.98. The lowest BCUT2D eigenvalue weighted by atomic mass is 9.96. The molecule has 1 aromatic carbocycles. The number of nitrogens with one attached hydrogen (secondary N) is 2. The molecule has 4 atom stereocenters. The van der Waals surface area contributed by atoms with Crippen molar-refractivity contribution in [3.05, 3.63) is 107 Å². The van der Waals surface area contributed by atoms with E-state index in [0.717, 1.165) is 11.1 Å². The SMILES string of the molecule is CC1=CC[C@@H]([C@@H](C)/C=C(C)/C=C\C=C/C(=O)N[C@@H](Cc2ccccc2)C(=O)N/C=C\C[C@H](C/C=C(\C)Cl)OC(C)C)OC1=O. The van der Waals surface area contributed by atoms with E-state index < -0.39 is 6.04 Å². The standard InChI is InChI=1S/C36H47ClN2O5/c1-25(2)43-31(20-19-29(6)37)16-12-22-38-35(41)32(24-30-14-8-7-9-15-30)39-34(40)17-11-10-13-26(3)23-28(5)33-21-18-27(4)36(42)44-33/h7-15,17-19,22-23,25,28,31-33H,16,20-21,24H2,1-6H3,(H,38,41)(H,39,40)/b13-10-,17-11-,22-12-,26-23+,29-19+/t28-,31+,32-,33-/m0/s1. The first-order valence-electron chi connectivity index (χ1n) is 15.1. The predicted molar refractivity (Wildman–Crippen MR) is 178 cm³/mol. The maximum atomic E-state index is 13.1. The molecule has 44 heavy (non-hydrogen) atoms. The molecule has 238 valence electrons. The quantitative estimate of drug-likeness (QED) is 0.117. The number of hydrogen-bond acceptors (Lipinski definition) is 5. The third-order valence-electron chi connectivity index (χ3n) is 6.85. The van der Waals surface area contributed by atoms with Crippen molar-refractivity contribution >= 4 is 29.4 Å². The number of amides is 2. The van der Waals surface area contributed by atoms with Crippen molar-refractivity contribution in [2.75, 3.05) is 0 Å². The largest absolute Gasteiger partial charge is 0.458 e. The van der Waals surface area contributed by atoms with Crippen molar-refractivity contribution in [2.24, 2.45) is 5.92 Å². The second-order valence-electron chi connectivity index (χ2n) is 11.3. The minimum atomic E-state index is -0.772. The van der Waals surface area contributed by atoms with Gasteiger partial charge >= 0.3 is 5.97 Å². The van der Waals surface area contributed by atoms with Gasteiger partial charge in [-0.2, -0.15) is 0 Å². The number of carbonyl (C=O) groups is 3. The normalized spacial score (nSPS) is 18.4. The average Bonchev–Trinajstić information content (AvgIpc) is 2.97. The van der Waals surface area contributed by atoms with Crippen molar-refractivity contribution in [3.8, 4) is 0 Å². The summed E-state index contributed by atoms with van der Waals surface area (Å²) in [4.78, 5) is 37.7. The first kappa shape index (κ1) is 36.5. The fraction of sp³-hybridized carbons (Fsp3) is 0.417. The predicted octanol–water partition coefficient (Wildman–Crippen LogP) is 7.02. The number of cyclic esters (lactones) is 1. The maximum absolute atomic E-state index is 13.1. The van der Waals surface area contributed by atoms with E-state index in [1.807, 2.05) is 95.3 Å². The zero-order valence-electron chi connectivity index (χ0n) is 26.7. The van der Waals surface area contributed by atoms with E-state index in [1.54, 1.807) is 25.3 Å². The van der Waals surface area contributed by atoms with E-state index >= 15 is 0 Å². The summed E-state index contributed by atoms with van der Waals surface area (Å²) in [6.07, 6.45) is 18.1. The van der Waals surface area contributed by atoms with Crippen molar-refractivity contribution < 1.29 is 23.9 Å². The summed E-state index contributed by atoms with van der Waals surface area (Å²) in [5, 5.41) is 6.34. The second kappa shape index (κ2) is 19.6. The maximum Gasteiger partial charge on any atom is 0.333 e. The van der Waals surface area contributed by atoms with Gasteiger partial charge in [0.25, 0.3) is 0 Å². The molecule has 0 radical (unpaired) electrons. The summed E-state index contributed by atoms with van der Waals surface area (Å²) < 4.78 is 11.4. The highest BCUT2D eigenvalue weighted by Gasteiger charge is 2.24. The average molecular weight is 623 g/mol. The van der Waals surface area contributed by atoms with Gasteiger partial charge in [0, 0.05) is 35.4 Å². The van der Waals surface area contributed by atoms with Gasteiger partial charge in [-0.1, -0.05) is 97.0 Å². The van der Waals surface area contributed by atoms with Gasteiger partial charge in [-0.05, 0) is 59.2 Å². The van der Waals surface area contributed by atoms with Gasteiger partial charge in [0.2, 0.25) is 11.8 Å². The molecule has 0 aromatic heterocycles. The molecule has 1 aliphatic rings. The van der Waals surface area contributed by atoms with Gasteiger partial charge in [-0.3, -0.25) is 9.59 Å². The number of benzene rings is 1. The van der Waals surface area contributed by atoms with Crippen molar-refractivity contribution in [2.45, 2.75) is 91.6 Å². The molecule has 2 rings (SSSR count). The van der Waals surface area contributed by atoms with E-state index in [2.05, 4.69) is 10.6 Å². The lowest BCUT2D eigenvalue weighted by Gasteiger charge is -2.25. The highest BCUT2D eigenvalue weighted by molar-refractivity contribution is 6.29. The minimum Gasteiger partial charge on any atom is -0.458 e. The molecule has 0 saturated heterocycles. The summed E-state index contributed by atoms with van der Waals surface area (Å²) in [7, 11) is 0. The van der Waals surface area contributed by atoms with Gasteiger partial charge in [-0.25, -0.2) is 4.79 Å². The van der Waals surface area contributed by atoms with Gasteiger partial charge in [0.15, 0.2) is 0 Å². The third-order valence-corrected chi connectivity index (χ3v) is 7.01. The number of carbonyl (C=O) groups excluding carboxylic acids is 3. The topological polar surface area (TPSA) is 93.7 Å². The van der Waals surface area contributed by atoms with Gasteiger partial charge in [0.05, 0.1) is 12.2 Å². The van der Waals surface area contributed by atoms with Crippen LogP contribution in [0.2, 0.25) is 0 Å². The molecule has 2 amide bonds. The first-order chi connectivity index (χ1) is 20.9. The van der Waals surface area contributed by atoms with Crippen LogP contribution in [-0.2, 0) is 30.3 Å². The Labute approximate surface area is 267 Å². The van der Waals surface area contributed by atoms with Crippen LogP contribution in [0.1, 0.15) is 66.4 Å². The Morgan fingerprint density at radius 2 is 1.80 bits per heavy atom. The molecule has 1 aromatic rings. The van der Waals surface area contributed by atoms with E-state index in [9.17, 15) is 14.4 Å². The van der Waals surface area contributed by atoms with Crippen LogP contribution in [-0.4, -0.2) is 42.1 Å². The van der Waals surface area contributed by atoms with Gasteiger partial charge < -0.3 is 20.1 Å². The summed E-state index contributed by atoms with van der Waals surface area (Å²) in [5.41, 5.74) is 2.55. The van der Waals surface area contributed by atoms with E-state index in [0.29, 0.717) is 36.3 Å². The summed E-state index contributed by atoms with van der Waals surface area (Å²) in [6.45, 7) is 11.5.